The summed E-state index contributed by atoms with van der Waals surface area (Å²) in [5.74, 6) is 0.0407. The predicted octanol–water partition coefficient (Wildman–Crippen LogP) is 2.11. The SMILES string of the molecule is CSc1nc(C)c2c(n1)O[C@@H](CN1C(=O)c3ccccc3C1=O)C2. The molecule has 0 aliphatic carbocycles. The Balaban J connectivity index is 1.55. The summed E-state index contributed by atoms with van der Waals surface area (Å²) >= 11 is 1.45. The van der Waals surface area contributed by atoms with Crippen LogP contribution in [-0.2, 0) is 6.42 Å². The maximum absolute atomic E-state index is 12.5. The van der Waals surface area contributed by atoms with Crippen molar-refractivity contribution in [3.05, 3.63) is 46.6 Å². The molecule has 24 heavy (non-hydrogen) atoms. The first kappa shape index (κ1) is 15.1. The summed E-state index contributed by atoms with van der Waals surface area (Å²) in [5.41, 5.74) is 2.75. The summed E-state index contributed by atoms with van der Waals surface area (Å²) < 4.78 is 5.88. The molecule has 4 rings (SSSR count). The van der Waals surface area contributed by atoms with E-state index in [2.05, 4.69) is 9.97 Å². The van der Waals surface area contributed by atoms with Gasteiger partial charge in [-0.15, -0.1) is 0 Å². The van der Waals surface area contributed by atoms with Gasteiger partial charge in [-0.3, -0.25) is 14.5 Å². The van der Waals surface area contributed by atoms with Crippen LogP contribution in [0.3, 0.4) is 0 Å². The number of fused-ring (bicyclic) bond motifs is 2. The van der Waals surface area contributed by atoms with Crippen molar-refractivity contribution < 1.29 is 14.3 Å². The third-order valence-electron chi connectivity index (χ3n) is 4.31. The molecule has 2 aromatic rings. The van der Waals surface area contributed by atoms with E-state index in [0.717, 1.165) is 11.3 Å². The van der Waals surface area contributed by atoms with Crippen molar-refractivity contribution in [2.75, 3.05) is 12.8 Å². The first-order valence-electron chi connectivity index (χ1n) is 7.62. The predicted molar refractivity (Wildman–Crippen MR) is 88.5 cm³/mol. The molecule has 0 spiro atoms. The fourth-order valence-electron chi connectivity index (χ4n) is 3.11. The maximum atomic E-state index is 12.5. The number of aryl methyl sites for hydroxylation is 1. The Labute approximate surface area is 143 Å². The molecule has 2 aliphatic rings. The third-order valence-corrected chi connectivity index (χ3v) is 4.86. The number of carbonyl (C=O) groups excluding carboxylic acids is 2. The molecule has 0 fully saturated rings. The van der Waals surface area contributed by atoms with Gasteiger partial charge in [0, 0.05) is 17.7 Å². The van der Waals surface area contributed by atoms with Crippen LogP contribution in [0.5, 0.6) is 5.88 Å². The Morgan fingerprint density at radius 2 is 1.88 bits per heavy atom. The molecule has 0 N–H and O–H groups in total. The van der Waals surface area contributed by atoms with Gasteiger partial charge in [-0.05, 0) is 25.3 Å². The van der Waals surface area contributed by atoms with E-state index in [9.17, 15) is 9.59 Å². The second-order valence-electron chi connectivity index (χ2n) is 5.79. The first-order chi connectivity index (χ1) is 11.6. The van der Waals surface area contributed by atoms with Crippen molar-refractivity contribution in [1.82, 2.24) is 14.9 Å². The van der Waals surface area contributed by atoms with Crippen LogP contribution in [0.2, 0.25) is 0 Å². The zero-order valence-electron chi connectivity index (χ0n) is 13.3. The zero-order valence-corrected chi connectivity index (χ0v) is 14.1. The quantitative estimate of drug-likeness (QED) is 0.484. The van der Waals surface area contributed by atoms with Crippen LogP contribution in [0, 0.1) is 6.92 Å². The molecule has 0 saturated heterocycles. The van der Waals surface area contributed by atoms with Crippen LogP contribution in [-0.4, -0.2) is 45.6 Å². The monoisotopic (exact) mass is 341 g/mol. The van der Waals surface area contributed by atoms with E-state index in [1.165, 1.54) is 16.7 Å². The highest BCUT2D eigenvalue weighted by molar-refractivity contribution is 7.98. The summed E-state index contributed by atoms with van der Waals surface area (Å²) in [6, 6.07) is 6.89. The molecule has 6 nitrogen and oxygen atoms in total. The molecule has 2 aliphatic heterocycles. The molecule has 2 amide bonds. The Morgan fingerprint density at radius 1 is 1.21 bits per heavy atom. The molecule has 3 heterocycles. The highest BCUT2D eigenvalue weighted by Crippen LogP contribution is 2.32. The van der Waals surface area contributed by atoms with Crippen LogP contribution in [0.25, 0.3) is 0 Å². The molecular formula is C17H15N3O3S. The number of amides is 2. The fraction of sp³-hybridized carbons (Fsp3) is 0.294. The normalized spacial score (nSPS) is 18.6. The van der Waals surface area contributed by atoms with Gasteiger partial charge in [-0.1, -0.05) is 23.9 Å². The molecule has 1 atom stereocenters. The maximum Gasteiger partial charge on any atom is 0.261 e. The number of imide groups is 1. The molecule has 1 aromatic heterocycles. The summed E-state index contributed by atoms with van der Waals surface area (Å²) in [6.45, 7) is 2.14. The van der Waals surface area contributed by atoms with Gasteiger partial charge in [-0.2, -0.15) is 4.98 Å². The van der Waals surface area contributed by atoms with Gasteiger partial charge in [-0.25, -0.2) is 4.98 Å². The van der Waals surface area contributed by atoms with Gasteiger partial charge < -0.3 is 4.74 Å². The second-order valence-corrected chi connectivity index (χ2v) is 6.56. The average Bonchev–Trinajstić information content (AvgIpc) is 3.10. The van der Waals surface area contributed by atoms with Gasteiger partial charge in [0.05, 0.1) is 17.7 Å². The second kappa shape index (κ2) is 5.59. The minimum atomic E-state index is -0.285. The van der Waals surface area contributed by atoms with Crippen LogP contribution in [0.4, 0.5) is 0 Å². The molecule has 0 saturated carbocycles. The molecule has 7 heteroatoms. The lowest BCUT2D eigenvalue weighted by Crippen LogP contribution is -2.38. The van der Waals surface area contributed by atoms with Crippen molar-refractivity contribution in [3.63, 3.8) is 0 Å². The van der Waals surface area contributed by atoms with E-state index >= 15 is 0 Å². The number of rotatable bonds is 3. The molecule has 1 aromatic carbocycles. The number of hydrogen-bond donors (Lipinski definition) is 0. The number of thioether (sulfide) groups is 1. The van der Waals surface area contributed by atoms with Gasteiger partial charge in [0.2, 0.25) is 5.88 Å². The fourth-order valence-corrected chi connectivity index (χ4v) is 3.51. The summed E-state index contributed by atoms with van der Waals surface area (Å²) in [6.07, 6.45) is 2.22. The Hall–Kier alpha value is -2.41. The van der Waals surface area contributed by atoms with E-state index < -0.39 is 0 Å². The Bertz CT molecular complexity index is 833. The lowest BCUT2D eigenvalue weighted by molar-refractivity contribution is 0.0585. The lowest BCUT2D eigenvalue weighted by Gasteiger charge is -2.18. The van der Waals surface area contributed by atoms with E-state index in [0.29, 0.717) is 28.6 Å². The number of benzene rings is 1. The standard InChI is InChI=1S/C17H15N3O3S/c1-9-13-7-10(23-14(13)19-17(18-9)24-2)8-20-15(21)11-5-3-4-6-12(11)16(20)22/h3-6,10H,7-8H2,1-2H3/t10-/m1/s1. The highest BCUT2D eigenvalue weighted by atomic mass is 32.2. The van der Waals surface area contributed by atoms with Gasteiger partial charge >= 0.3 is 0 Å². The van der Waals surface area contributed by atoms with Crippen molar-refractivity contribution >= 4 is 23.6 Å². The largest absolute Gasteiger partial charge is 0.472 e. The van der Waals surface area contributed by atoms with Crippen molar-refractivity contribution in [3.8, 4) is 5.88 Å². The van der Waals surface area contributed by atoms with Crippen LogP contribution < -0.4 is 4.74 Å². The molecular weight excluding hydrogens is 326 g/mol. The number of aromatic nitrogens is 2. The average molecular weight is 341 g/mol. The van der Waals surface area contributed by atoms with Gasteiger partial charge in [0.1, 0.15) is 6.10 Å². The van der Waals surface area contributed by atoms with Crippen LogP contribution >= 0.6 is 11.8 Å². The van der Waals surface area contributed by atoms with E-state index in [1.807, 2.05) is 13.2 Å². The minimum Gasteiger partial charge on any atom is -0.472 e. The number of nitrogens with zero attached hydrogens (tertiary/aromatic N) is 3. The Kier molecular flexibility index (Phi) is 3.53. The van der Waals surface area contributed by atoms with Crippen molar-refractivity contribution in [1.29, 1.82) is 0 Å². The minimum absolute atomic E-state index is 0.219. The third kappa shape index (κ3) is 2.27. The molecule has 0 radical (unpaired) electrons. The van der Waals surface area contributed by atoms with Gasteiger partial charge in [0.25, 0.3) is 11.8 Å². The van der Waals surface area contributed by atoms with Crippen molar-refractivity contribution in [2.24, 2.45) is 0 Å². The summed E-state index contributed by atoms with van der Waals surface area (Å²) in [5, 5.41) is 0.660. The van der Waals surface area contributed by atoms with E-state index in [-0.39, 0.29) is 24.5 Å². The van der Waals surface area contributed by atoms with Gasteiger partial charge in [0.15, 0.2) is 5.16 Å². The molecule has 122 valence electrons. The topological polar surface area (TPSA) is 72.4 Å². The van der Waals surface area contributed by atoms with E-state index in [4.69, 9.17) is 4.74 Å². The smallest absolute Gasteiger partial charge is 0.261 e. The zero-order chi connectivity index (χ0) is 16.8. The lowest BCUT2D eigenvalue weighted by atomic mass is 10.1. The van der Waals surface area contributed by atoms with Crippen LogP contribution in [0.15, 0.2) is 29.4 Å². The van der Waals surface area contributed by atoms with Crippen molar-refractivity contribution in [2.45, 2.75) is 24.6 Å². The molecule has 0 bridgehead atoms. The Morgan fingerprint density at radius 3 is 2.50 bits per heavy atom. The number of carbonyl (C=O) groups is 2. The van der Waals surface area contributed by atoms with Crippen LogP contribution in [0.1, 0.15) is 32.0 Å². The number of ether oxygens (including phenoxy) is 1. The first-order valence-corrected chi connectivity index (χ1v) is 8.84. The summed E-state index contributed by atoms with van der Waals surface area (Å²) in [7, 11) is 0. The van der Waals surface area contributed by atoms with E-state index in [1.54, 1.807) is 24.3 Å². The number of hydrogen-bond acceptors (Lipinski definition) is 6. The summed E-state index contributed by atoms with van der Waals surface area (Å²) in [4.78, 5) is 35.0. The molecule has 0 unspecified atom stereocenters. The highest BCUT2D eigenvalue weighted by Gasteiger charge is 2.38.